The first kappa shape index (κ1) is 9.98. The summed E-state index contributed by atoms with van der Waals surface area (Å²) in [5.41, 5.74) is 0. The van der Waals surface area contributed by atoms with Crippen molar-refractivity contribution < 1.29 is 19.1 Å². The molecule has 0 aromatic heterocycles. The van der Waals surface area contributed by atoms with E-state index >= 15 is 0 Å². The molecule has 0 bridgehead atoms. The van der Waals surface area contributed by atoms with Crippen LogP contribution in [0, 0.1) is 0 Å². The maximum Gasteiger partial charge on any atom is 0.322 e. The van der Waals surface area contributed by atoms with Gasteiger partial charge in [-0.2, -0.15) is 0 Å². The Balaban J connectivity index is 2.44. The van der Waals surface area contributed by atoms with Gasteiger partial charge in [-0.3, -0.25) is 14.9 Å². The highest BCUT2D eigenvalue weighted by Gasteiger charge is 2.34. The molecule has 1 aliphatic heterocycles. The second-order valence-electron chi connectivity index (χ2n) is 2.90. The van der Waals surface area contributed by atoms with Gasteiger partial charge in [-0.15, -0.1) is 0 Å². The first-order valence-electron chi connectivity index (χ1n) is 4.10. The second kappa shape index (κ2) is 4.23. The van der Waals surface area contributed by atoms with Crippen LogP contribution in [0.3, 0.4) is 0 Å². The van der Waals surface area contributed by atoms with Crippen molar-refractivity contribution >= 4 is 11.9 Å². The smallest absolute Gasteiger partial charge is 0.322 e. The number of ether oxygens (including phenoxy) is 2. The third kappa shape index (κ3) is 2.18. The Hall–Kier alpha value is -1.10. The monoisotopic (exact) mass is 187 g/mol. The standard InChI is InChI=1S/C8H13NO4/c1-12-7(10)5-3-4-6(9-5)8(11)13-2/h5-6,9H,3-4H2,1-2H3. The van der Waals surface area contributed by atoms with Crippen molar-refractivity contribution in [1.29, 1.82) is 0 Å². The average molecular weight is 187 g/mol. The minimum atomic E-state index is -0.367. The molecule has 0 radical (unpaired) electrons. The largest absolute Gasteiger partial charge is 0.468 e. The molecule has 74 valence electrons. The Morgan fingerprint density at radius 1 is 1.08 bits per heavy atom. The van der Waals surface area contributed by atoms with Crippen molar-refractivity contribution in [3.8, 4) is 0 Å². The fourth-order valence-electron chi connectivity index (χ4n) is 1.40. The van der Waals surface area contributed by atoms with Crippen molar-refractivity contribution in [2.24, 2.45) is 0 Å². The summed E-state index contributed by atoms with van der Waals surface area (Å²) in [4.78, 5) is 22.1. The van der Waals surface area contributed by atoms with Crippen molar-refractivity contribution in [3.63, 3.8) is 0 Å². The third-order valence-corrected chi connectivity index (χ3v) is 2.12. The van der Waals surface area contributed by atoms with Crippen LogP contribution < -0.4 is 5.32 Å². The number of esters is 2. The zero-order valence-electron chi connectivity index (χ0n) is 7.70. The number of hydrogen-bond acceptors (Lipinski definition) is 5. The average Bonchev–Trinajstić information content (AvgIpc) is 2.64. The number of rotatable bonds is 2. The molecule has 0 saturated carbocycles. The van der Waals surface area contributed by atoms with Crippen LogP contribution in [0.2, 0.25) is 0 Å². The molecule has 0 amide bonds. The molecule has 13 heavy (non-hydrogen) atoms. The van der Waals surface area contributed by atoms with Gasteiger partial charge >= 0.3 is 11.9 Å². The maximum atomic E-state index is 11.0. The van der Waals surface area contributed by atoms with Crippen LogP contribution in [-0.2, 0) is 19.1 Å². The Morgan fingerprint density at radius 2 is 1.46 bits per heavy atom. The fraction of sp³-hybridized carbons (Fsp3) is 0.750. The van der Waals surface area contributed by atoms with Crippen molar-refractivity contribution in [1.82, 2.24) is 5.32 Å². The molecule has 2 atom stereocenters. The summed E-state index contributed by atoms with van der Waals surface area (Å²) < 4.78 is 9.08. The molecular formula is C8H13NO4. The van der Waals surface area contributed by atoms with E-state index in [1.807, 2.05) is 0 Å². The highest BCUT2D eigenvalue weighted by Crippen LogP contribution is 2.14. The first-order valence-corrected chi connectivity index (χ1v) is 4.10. The highest BCUT2D eigenvalue weighted by atomic mass is 16.5. The lowest BCUT2D eigenvalue weighted by molar-refractivity contribution is -0.144. The molecule has 1 heterocycles. The van der Waals surface area contributed by atoms with Crippen LogP contribution in [0.15, 0.2) is 0 Å². The van der Waals surface area contributed by atoms with Gasteiger partial charge in [0.05, 0.1) is 14.2 Å². The molecule has 1 saturated heterocycles. The third-order valence-electron chi connectivity index (χ3n) is 2.12. The quantitative estimate of drug-likeness (QED) is 0.588. The molecule has 1 aliphatic rings. The predicted octanol–water partition coefficient (Wildman–Crippen LogP) is -0.547. The Bertz CT molecular complexity index is 194. The second-order valence-corrected chi connectivity index (χ2v) is 2.90. The van der Waals surface area contributed by atoms with E-state index in [4.69, 9.17) is 0 Å². The lowest BCUT2D eigenvalue weighted by Gasteiger charge is -2.10. The van der Waals surface area contributed by atoms with Crippen LogP contribution in [0.5, 0.6) is 0 Å². The molecule has 5 heteroatoms. The van der Waals surface area contributed by atoms with Crippen molar-refractivity contribution in [3.05, 3.63) is 0 Å². The summed E-state index contributed by atoms with van der Waals surface area (Å²) >= 11 is 0. The molecule has 1 fully saturated rings. The highest BCUT2D eigenvalue weighted by molar-refractivity contribution is 5.81. The van der Waals surface area contributed by atoms with E-state index in [1.165, 1.54) is 14.2 Å². The zero-order valence-corrected chi connectivity index (χ0v) is 7.70. The summed E-state index contributed by atoms with van der Waals surface area (Å²) in [7, 11) is 2.66. The number of carbonyl (C=O) groups is 2. The van der Waals surface area contributed by atoms with Crippen molar-refractivity contribution in [2.45, 2.75) is 24.9 Å². The van der Waals surface area contributed by atoms with Crippen LogP contribution in [0.4, 0.5) is 0 Å². The van der Waals surface area contributed by atoms with Crippen LogP contribution in [0.1, 0.15) is 12.8 Å². The molecule has 1 N–H and O–H groups in total. The number of nitrogens with one attached hydrogen (secondary N) is 1. The SMILES string of the molecule is COC(=O)C1CCC(C(=O)OC)N1. The molecule has 0 spiro atoms. The zero-order chi connectivity index (χ0) is 9.84. The van der Waals surface area contributed by atoms with E-state index in [2.05, 4.69) is 14.8 Å². The molecule has 0 aromatic carbocycles. The van der Waals surface area contributed by atoms with E-state index in [0.717, 1.165) is 0 Å². The Morgan fingerprint density at radius 3 is 1.77 bits per heavy atom. The minimum absolute atomic E-state index is 0.327. The molecule has 0 aliphatic carbocycles. The van der Waals surface area contributed by atoms with Crippen LogP contribution in [-0.4, -0.2) is 38.2 Å². The lowest BCUT2D eigenvalue weighted by atomic mass is 10.2. The van der Waals surface area contributed by atoms with Gasteiger partial charge in [-0.25, -0.2) is 0 Å². The fourth-order valence-corrected chi connectivity index (χ4v) is 1.40. The number of carbonyl (C=O) groups excluding carboxylic acids is 2. The predicted molar refractivity (Wildman–Crippen MR) is 44.0 cm³/mol. The summed E-state index contributed by atoms with van der Waals surface area (Å²) in [5, 5.41) is 2.84. The molecule has 1 rings (SSSR count). The molecule has 0 aromatic rings. The van der Waals surface area contributed by atoms with E-state index in [0.29, 0.717) is 12.8 Å². The molecule has 5 nitrogen and oxygen atoms in total. The van der Waals surface area contributed by atoms with Gasteiger partial charge in [-0.05, 0) is 12.8 Å². The number of methoxy groups -OCH3 is 2. The Kier molecular flexibility index (Phi) is 3.25. The summed E-state index contributed by atoms with van der Waals surface area (Å²) in [6.07, 6.45) is 1.24. The van der Waals surface area contributed by atoms with E-state index in [-0.39, 0.29) is 24.0 Å². The van der Waals surface area contributed by atoms with Crippen LogP contribution in [0.25, 0.3) is 0 Å². The Labute approximate surface area is 76.4 Å². The molecular weight excluding hydrogens is 174 g/mol. The van der Waals surface area contributed by atoms with E-state index in [9.17, 15) is 9.59 Å². The van der Waals surface area contributed by atoms with Crippen molar-refractivity contribution in [2.75, 3.05) is 14.2 Å². The van der Waals surface area contributed by atoms with Gasteiger partial charge < -0.3 is 9.47 Å². The maximum absolute atomic E-state index is 11.0. The number of hydrogen-bond donors (Lipinski definition) is 1. The summed E-state index contributed by atoms with van der Waals surface area (Å²) in [5.74, 6) is -0.655. The van der Waals surface area contributed by atoms with Gasteiger partial charge in [0.2, 0.25) is 0 Å². The molecule has 2 unspecified atom stereocenters. The summed E-state index contributed by atoms with van der Waals surface area (Å²) in [6, 6.07) is -0.733. The summed E-state index contributed by atoms with van der Waals surface area (Å²) in [6.45, 7) is 0. The van der Waals surface area contributed by atoms with Gasteiger partial charge in [0.1, 0.15) is 12.1 Å². The topological polar surface area (TPSA) is 64.6 Å². The van der Waals surface area contributed by atoms with E-state index < -0.39 is 0 Å². The van der Waals surface area contributed by atoms with Gasteiger partial charge in [0.15, 0.2) is 0 Å². The van der Waals surface area contributed by atoms with Gasteiger partial charge in [0, 0.05) is 0 Å². The minimum Gasteiger partial charge on any atom is -0.468 e. The lowest BCUT2D eigenvalue weighted by Crippen LogP contribution is -2.40. The normalized spacial score (nSPS) is 26.9. The van der Waals surface area contributed by atoms with Gasteiger partial charge in [-0.1, -0.05) is 0 Å². The van der Waals surface area contributed by atoms with Crippen LogP contribution >= 0.6 is 0 Å². The van der Waals surface area contributed by atoms with Gasteiger partial charge in [0.25, 0.3) is 0 Å². The van der Waals surface area contributed by atoms with E-state index in [1.54, 1.807) is 0 Å². The first-order chi connectivity index (χ1) is 6.19.